The zero-order valence-electron chi connectivity index (χ0n) is 21.1. The van der Waals surface area contributed by atoms with E-state index in [-0.39, 0.29) is 11.6 Å². The standard InChI is InChI=1S/C28H36ClNO5/c1-4-14-35-28-19(29)16-18(17-24(28)34-5-2)25-26-20(9-6-11-22(26)31)30(13-8-15-33-3)21-10-7-12-23(32)27(21)25/h16-17,25H,4-15H2,1-3H3. The Bertz CT molecular complexity index is 1000. The molecular weight excluding hydrogens is 466 g/mol. The third-order valence-corrected chi connectivity index (χ3v) is 7.21. The maximum absolute atomic E-state index is 13.4. The molecule has 1 aromatic carbocycles. The van der Waals surface area contributed by atoms with Crippen LogP contribution in [0.2, 0.25) is 5.02 Å². The second kappa shape index (κ2) is 11.6. The largest absolute Gasteiger partial charge is 0.490 e. The van der Waals surface area contributed by atoms with Crippen LogP contribution in [-0.4, -0.2) is 49.9 Å². The van der Waals surface area contributed by atoms with Crippen LogP contribution in [0.1, 0.15) is 76.7 Å². The summed E-state index contributed by atoms with van der Waals surface area (Å²) >= 11 is 6.73. The first-order valence-electron chi connectivity index (χ1n) is 12.9. The predicted octanol–water partition coefficient (Wildman–Crippen LogP) is 5.98. The average Bonchev–Trinajstić information content (AvgIpc) is 2.84. The highest BCUT2D eigenvalue weighted by Crippen LogP contribution is 2.51. The first kappa shape index (κ1) is 25.8. The minimum Gasteiger partial charge on any atom is -0.490 e. The molecular formula is C28H36ClNO5. The van der Waals surface area contributed by atoms with E-state index in [1.807, 2.05) is 26.0 Å². The van der Waals surface area contributed by atoms with E-state index in [9.17, 15) is 9.59 Å². The van der Waals surface area contributed by atoms with Crippen LogP contribution < -0.4 is 9.47 Å². The fraction of sp³-hybridized carbons (Fsp3) is 0.571. The second-order valence-electron chi connectivity index (χ2n) is 9.32. The van der Waals surface area contributed by atoms with Gasteiger partial charge in [-0.05, 0) is 63.1 Å². The van der Waals surface area contributed by atoms with Crippen molar-refractivity contribution >= 4 is 23.2 Å². The summed E-state index contributed by atoms with van der Waals surface area (Å²) in [4.78, 5) is 29.1. The third kappa shape index (κ3) is 5.14. The lowest BCUT2D eigenvalue weighted by Gasteiger charge is -2.44. The van der Waals surface area contributed by atoms with Gasteiger partial charge < -0.3 is 19.1 Å². The fourth-order valence-corrected chi connectivity index (χ4v) is 5.82. The summed E-state index contributed by atoms with van der Waals surface area (Å²) < 4.78 is 17.1. The van der Waals surface area contributed by atoms with Gasteiger partial charge in [-0.1, -0.05) is 18.5 Å². The number of nitrogens with zero attached hydrogens (tertiary/aromatic N) is 1. The Morgan fingerprint density at radius 2 is 1.60 bits per heavy atom. The number of carbonyl (C=O) groups excluding carboxylic acids is 2. The molecule has 1 heterocycles. The summed E-state index contributed by atoms with van der Waals surface area (Å²) in [5.41, 5.74) is 4.46. The van der Waals surface area contributed by atoms with Gasteiger partial charge >= 0.3 is 0 Å². The molecule has 1 aliphatic heterocycles. The summed E-state index contributed by atoms with van der Waals surface area (Å²) in [7, 11) is 1.70. The average molecular weight is 502 g/mol. The van der Waals surface area contributed by atoms with Gasteiger partial charge in [-0.25, -0.2) is 0 Å². The predicted molar refractivity (Wildman–Crippen MR) is 136 cm³/mol. The molecule has 0 saturated heterocycles. The van der Waals surface area contributed by atoms with Crippen molar-refractivity contribution in [2.75, 3.05) is 33.5 Å². The number of rotatable bonds is 10. The normalized spacial score (nSPS) is 18.7. The highest BCUT2D eigenvalue weighted by Gasteiger charge is 2.43. The van der Waals surface area contributed by atoms with Crippen molar-refractivity contribution in [3.8, 4) is 11.5 Å². The quantitative estimate of drug-likeness (QED) is 0.367. The molecule has 0 aromatic heterocycles. The van der Waals surface area contributed by atoms with Crippen LogP contribution in [0.5, 0.6) is 11.5 Å². The zero-order chi connectivity index (χ0) is 24.9. The molecule has 3 aliphatic rings. The molecule has 0 N–H and O–H groups in total. The Morgan fingerprint density at radius 3 is 2.17 bits per heavy atom. The maximum Gasteiger partial charge on any atom is 0.179 e. The van der Waals surface area contributed by atoms with Crippen LogP contribution in [0.4, 0.5) is 0 Å². The Hall–Kier alpha value is -2.31. The lowest BCUT2D eigenvalue weighted by molar-refractivity contribution is -0.117. The van der Waals surface area contributed by atoms with Crippen molar-refractivity contribution in [1.29, 1.82) is 0 Å². The number of methoxy groups -OCH3 is 1. The molecule has 4 rings (SSSR count). The number of hydrogen-bond donors (Lipinski definition) is 0. The van der Waals surface area contributed by atoms with Crippen molar-refractivity contribution in [3.05, 3.63) is 45.3 Å². The van der Waals surface area contributed by atoms with E-state index in [2.05, 4.69) is 4.90 Å². The van der Waals surface area contributed by atoms with Gasteiger partial charge in [0.25, 0.3) is 0 Å². The van der Waals surface area contributed by atoms with Crippen molar-refractivity contribution in [2.24, 2.45) is 0 Å². The van der Waals surface area contributed by atoms with Crippen molar-refractivity contribution in [1.82, 2.24) is 4.90 Å². The first-order valence-corrected chi connectivity index (χ1v) is 13.3. The van der Waals surface area contributed by atoms with E-state index in [0.717, 1.165) is 73.2 Å². The van der Waals surface area contributed by atoms with Crippen molar-refractivity contribution in [2.45, 2.75) is 71.1 Å². The SMILES string of the molecule is CCCOc1c(Cl)cc(C2C3=C(CCCC3=O)N(CCCOC)C3=C2C(=O)CCC3)cc1OCC. The summed E-state index contributed by atoms with van der Waals surface area (Å²) in [6, 6.07) is 3.78. The Balaban J connectivity index is 1.88. The fourth-order valence-electron chi connectivity index (χ4n) is 5.55. The van der Waals surface area contributed by atoms with E-state index in [0.29, 0.717) is 49.2 Å². The molecule has 6 nitrogen and oxygen atoms in total. The summed E-state index contributed by atoms with van der Waals surface area (Å²) in [5, 5.41) is 0.442. The lowest BCUT2D eigenvalue weighted by atomic mass is 9.71. The number of Topliss-reactive ketones (excluding diaryl/α,β-unsaturated/α-hetero) is 2. The minimum atomic E-state index is -0.420. The molecule has 0 amide bonds. The number of hydrogen-bond acceptors (Lipinski definition) is 6. The molecule has 7 heteroatoms. The van der Waals surface area contributed by atoms with Gasteiger partial charge in [0.2, 0.25) is 0 Å². The van der Waals surface area contributed by atoms with E-state index in [1.54, 1.807) is 7.11 Å². The van der Waals surface area contributed by atoms with E-state index in [1.165, 1.54) is 0 Å². The Kier molecular flexibility index (Phi) is 8.55. The molecule has 2 aliphatic carbocycles. The number of ketones is 2. The van der Waals surface area contributed by atoms with Crippen LogP contribution in [-0.2, 0) is 14.3 Å². The zero-order valence-corrected chi connectivity index (χ0v) is 21.8. The molecule has 190 valence electrons. The molecule has 35 heavy (non-hydrogen) atoms. The molecule has 0 radical (unpaired) electrons. The summed E-state index contributed by atoms with van der Waals surface area (Å²) in [5.74, 6) is 0.902. The van der Waals surface area contributed by atoms with Gasteiger partial charge in [0.15, 0.2) is 23.1 Å². The van der Waals surface area contributed by atoms with E-state index < -0.39 is 5.92 Å². The molecule has 0 saturated carbocycles. The monoisotopic (exact) mass is 501 g/mol. The smallest absolute Gasteiger partial charge is 0.179 e. The number of ether oxygens (including phenoxy) is 3. The van der Waals surface area contributed by atoms with E-state index in [4.69, 9.17) is 25.8 Å². The van der Waals surface area contributed by atoms with Crippen LogP contribution in [0.3, 0.4) is 0 Å². The molecule has 0 unspecified atom stereocenters. The van der Waals surface area contributed by atoms with Gasteiger partial charge in [0.1, 0.15) is 0 Å². The maximum atomic E-state index is 13.4. The van der Waals surface area contributed by atoms with Gasteiger partial charge in [-0.3, -0.25) is 9.59 Å². The van der Waals surface area contributed by atoms with Gasteiger partial charge in [0.05, 0.1) is 18.2 Å². The summed E-state index contributed by atoms with van der Waals surface area (Å²) in [6.45, 7) is 6.32. The number of halogens is 1. The number of allylic oxidation sites excluding steroid dienone is 4. The third-order valence-electron chi connectivity index (χ3n) is 6.93. The number of benzene rings is 1. The topological polar surface area (TPSA) is 65.1 Å². The van der Waals surface area contributed by atoms with Gasteiger partial charge in [-0.2, -0.15) is 0 Å². The number of carbonyl (C=O) groups is 2. The van der Waals surface area contributed by atoms with Gasteiger partial charge in [0, 0.05) is 61.6 Å². The van der Waals surface area contributed by atoms with E-state index >= 15 is 0 Å². The Labute approximate surface area is 213 Å². The molecule has 0 fully saturated rings. The van der Waals surface area contributed by atoms with Crippen LogP contribution in [0.15, 0.2) is 34.7 Å². The van der Waals surface area contributed by atoms with Crippen molar-refractivity contribution < 1.29 is 23.8 Å². The van der Waals surface area contributed by atoms with Crippen molar-refractivity contribution in [3.63, 3.8) is 0 Å². The van der Waals surface area contributed by atoms with Crippen LogP contribution in [0, 0.1) is 0 Å². The molecule has 0 bridgehead atoms. The van der Waals surface area contributed by atoms with Gasteiger partial charge in [-0.15, -0.1) is 0 Å². The highest BCUT2D eigenvalue weighted by atomic mass is 35.5. The van der Waals surface area contributed by atoms with Crippen LogP contribution in [0.25, 0.3) is 0 Å². The van der Waals surface area contributed by atoms with Crippen LogP contribution >= 0.6 is 11.6 Å². The molecule has 0 spiro atoms. The minimum absolute atomic E-state index is 0.123. The molecule has 1 aromatic rings. The second-order valence-corrected chi connectivity index (χ2v) is 9.72. The first-order chi connectivity index (χ1) is 17.0. The molecule has 0 atom stereocenters. The summed E-state index contributed by atoms with van der Waals surface area (Å²) in [6.07, 6.45) is 6.01. The Morgan fingerprint density at radius 1 is 0.943 bits per heavy atom. The highest BCUT2D eigenvalue weighted by molar-refractivity contribution is 6.32. The lowest BCUT2D eigenvalue weighted by Crippen LogP contribution is -2.39.